The summed E-state index contributed by atoms with van der Waals surface area (Å²) in [6, 6.07) is 2.83. The maximum atomic E-state index is 12.1. The van der Waals surface area contributed by atoms with Gasteiger partial charge in [0.25, 0.3) is 5.16 Å². The number of aryl methyl sites for hydroxylation is 1. The lowest BCUT2D eigenvalue weighted by molar-refractivity contribution is -0.145. The average molecular weight is 381 g/mol. The molecule has 0 aliphatic carbocycles. The SMILES string of the molecule is CCOC(=O)CC1OB(O)c2cc(OS(=O)(=O)c3ncn[nH]3)cc(C)c21. The maximum absolute atomic E-state index is 12.1. The number of H-pyrrole nitrogens is 1. The number of carbonyl (C=O) groups excluding carboxylic acids is 1. The van der Waals surface area contributed by atoms with Crippen LogP contribution < -0.4 is 9.65 Å². The highest BCUT2D eigenvalue weighted by Crippen LogP contribution is 2.32. The highest BCUT2D eigenvalue weighted by molar-refractivity contribution is 7.86. The third-order valence-corrected chi connectivity index (χ3v) is 4.85. The second-order valence-electron chi connectivity index (χ2n) is 5.56. The zero-order valence-corrected chi connectivity index (χ0v) is 14.8. The van der Waals surface area contributed by atoms with Crippen molar-refractivity contribution in [2.45, 2.75) is 31.5 Å². The Labute approximate surface area is 149 Å². The van der Waals surface area contributed by atoms with E-state index < -0.39 is 34.5 Å². The van der Waals surface area contributed by atoms with Crippen molar-refractivity contribution in [1.82, 2.24) is 15.2 Å². The van der Waals surface area contributed by atoms with E-state index >= 15 is 0 Å². The van der Waals surface area contributed by atoms with Gasteiger partial charge in [0.15, 0.2) is 0 Å². The molecule has 1 aromatic carbocycles. The lowest BCUT2D eigenvalue weighted by Gasteiger charge is -2.14. The van der Waals surface area contributed by atoms with Crippen molar-refractivity contribution in [2.24, 2.45) is 0 Å². The molecule has 0 saturated heterocycles. The molecule has 2 heterocycles. The zero-order valence-electron chi connectivity index (χ0n) is 14.0. The van der Waals surface area contributed by atoms with Crippen molar-refractivity contribution in [3.63, 3.8) is 0 Å². The third kappa shape index (κ3) is 3.57. The van der Waals surface area contributed by atoms with Crippen LogP contribution in [0.4, 0.5) is 0 Å². The van der Waals surface area contributed by atoms with Crippen LogP contribution in [0.3, 0.4) is 0 Å². The summed E-state index contributed by atoms with van der Waals surface area (Å²) in [7, 11) is -5.49. The van der Waals surface area contributed by atoms with Crippen molar-refractivity contribution < 1.29 is 31.8 Å². The molecule has 0 fully saturated rings. The van der Waals surface area contributed by atoms with E-state index in [9.17, 15) is 18.2 Å². The Morgan fingerprint density at radius 1 is 1.46 bits per heavy atom. The lowest BCUT2D eigenvalue weighted by atomic mass is 9.77. The summed E-state index contributed by atoms with van der Waals surface area (Å²) in [6.45, 7) is 3.64. The van der Waals surface area contributed by atoms with E-state index in [1.54, 1.807) is 13.8 Å². The van der Waals surface area contributed by atoms with Gasteiger partial charge in [-0.05, 0) is 42.6 Å². The first-order chi connectivity index (χ1) is 12.3. The van der Waals surface area contributed by atoms with Crippen LogP contribution in [-0.4, -0.2) is 48.3 Å². The number of hydrogen-bond donors (Lipinski definition) is 2. The monoisotopic (exact) mass is 381 g/mol. The van der Waals surface area contributed by atoms with Gasteiger partial charge in [0.1, 0.15) is 12.1 Å². The number of aromatic amines is 1. The van der Waals surface area contributed by atoms with Crippen LogP contribution in [0.2, 0.25) is 0 Å². The number of esters is 1. The van der Waals surface area contributed by atoms with Crippen LogP contribution in [0.5, 0.6) is 5.75 Å². The molecule has 1 aromatic heterocycles. The number of nitrogens with one attached hydrogen (secondary N) is 1. The minimum absolute atomic E-state index is 0.0166. The average Bonchev–Trinajstić information content (AvgIpc) is 3.17. The van der Waals surface area contributed by atoms with E-state index in [-0.39, 0.29) is 18.8 Å². The first kappa shape index (κ1) is 18.4. The number of ether oxygens (including phenoxy) is 1. The minimum Gasteiger partial charge on any atom is -0.466 e. The predicted molar refractivity (Wildman–Crippen MR) is 88.1 cm³/mol. The number of aromatic nitrogens is 3. The van der Waals surface area contributed by atoms with Gasteiger partial charge in [-0.25, -0.2) is 10.1 Å². The van der Waals surface area contributed by atoms with Crippen molar-refractivity contribution in [1.29, 1.82) is 0 Å². The summed E-state index contributed by atoms with van der Waals surface area (Å²) in [5.74, 6) is -0.470. The Morgan fingerprint density at radius 3 is 2.88 bits per heavy atom. The molecule has 0 spiro atoms. The fourth-order valence-electron chi connectivity index (χ4n) is 2.78. The van der Waals surface area contributed by atoms with Crippen LogP contribution >= 0.6 is 0 Å². The first-order valence-corrected chi connectivity index (χ1v) is 9.16. The molecule has 0 saturated carbocycles. The van der Waals surface area contributed by atoms with Gasteiger partial charge >= 0.3 is 23.2 Å². The molecular formula is C14H16BN3O7S. The fraction of sp³-hybridized carbons (Fsp3) is 0.357. The molecule has 12 heteroatoms. The number of hydrogen-bond acceptors (Lipinski definition) is 9. The van der Waals surface area contributed by atoms with Gasteiger partial charge < -0.3 is 18.6 Å². The summed E-state index contributed by atoms with van der Waals surface area (Å²) in [5.41, 5.74) is 1.55. The fourth-order valence-corrected chi connectivity index (χ4v) is 3.55. The van der Waals surface area contributed by atoms with Crippen LogP contribution in [0.15, 0.2) is 23.6 Å². The van der Waals surface area contributed by atoms with Gasteiger partial charge in [0, 0.05) is 0 Å². The Hall–Kier alpha value is -2.44. The van der Waals surface area contributed by atoms with Crippen LogP contribution in [0, 0.1) is 6.92 Å². The van der Waals surface area contributed by atoms with E-state index in [0.29, 0.717) is 16.6 Å². The highest BCUT2D eigenvalue weighted by Gasteiger charge is 2.38. The van der Waals surface area contributed by atoms with Crippen molar-refractivity contribution in [3.8, 4) is 5.75 Å². The molecule has 1 aliphatic rings. The lowest BCUT2D eigenvalue weighted by Crippen LogP contribution is -2.28. The Balaban J connectivity index is 1.88. The van der Waals surface area contributed by atoms with Gasteiger partial charge in [-0.2, -0.15) is 13.5 Å². The molecule has 26 heavy (non-hydrogen) atoms. The molecule has 1 aliphatic heterocycles. The predicted octanol–water partition coefficient (Wildman–Crippen LogP) is -0.407. The summed E-state index contributed by atoms with van der Waals surface area (Å²) in [4.78, 5) is 15.3. The molecule has 2 aromatic rings. The minimum atomic E-state index is -4.19. The maximum Gasteiger partial charge on any atom is 0.492 e. The number of carbonyl (C=O) groups is 1. The van der Waals surface area contributed by atoms with Gasteiger partial charge in [-0.1, -0.05) is 0 Å². The molecule has 1 unspecified atom stereocenters. The van der Waals surface area contributed by atoms with Gasteiger partial charge in [-0.3, -0.25) is 4.79 Å². The topological polar surface area (TPSA) is 141 Å². The van der Waals surface area contributed by atoms with E-state index in [1.807, 2.05) is 0 Å². The molecule has 2 N–H and O–H groups in total. The smallest absolute Gasteiger partial charge is 0.466 e. The second kappa shape index (κ2) is 7.06. The van der Waals surface area contributed by atoms with Crippen molar-refractivity contribution in [3.05, 3.63) is 29.6 Å². The quantitative estimate of drug-likeness (QED) is 0.388. The second-order valence-corrected chi connectivity index (χ2v) is 7.02. The molecule has 0 amide bonds. The number of benzene rings is 1. The van der Waals surface area contributed by atoms with Crippen molar-refractivity contribution >= 4 is 28.7 Å². The van der Waals surface area contributed by atoms with Crippen LogP contribution in [0.25, 0.3) is 0 Å². The zero-order chi connectivity index (χ0) is 18.9. The van der Waals surface area contributed by atoms with E-state index in [4.69, 9.17) is 13.6 Å². The summed E-state index contributed by atoms with van der Waals surface area (Å²) < 4.78 is 39.6. The Bertz CT molecular complexity index is 917. The van der Waals surface area contributed by atoms with Crippen LogP contribution in [-0.2, 0) is 24.3 Å². The number of nitrogens with zero attached hydrogens (tertiary/aromatic N) is 2. The molecular weight excluding hydrogens is 365 g/mol. The van der Waals surface area contributed by atoms with E-state index in [2.05, 4.69) is 15.2 Å². The van der Waals surface area contributed by atoms with Gasteiger partial charge in [0.2, 0.25) is 0 Å². The van der Waals surface area contributed by atoms with E-state index in [1.165, 1.54) is 12.1 Å². The van der Waals surface area contributed by atoms with Gasteiger partial charge in [0.05, 0.1) is 19.1 Å². The van der Waals surface area contributed by atoms with Gasteiger partial charge in [-0.15, -0.1) is 0 Å². The normalized spacial score (nSPS) is 16.4. The van der Waals surface area contributed by atoms with Crippen molar-refractivity contribution in [2.75, 3.05) is 6.61 Å². The molecule has 3 rings (SSSR count). The summed E-state index contributed by atoms with van der Waals surface area (Å²) in [5, 5.41) is 15.4. The summed E-state index contributed by atoms with van der Waals surface area (Å²) >= 11 is 0. The van der Waals surface area contributed by atoms with Crippen LogP contribution in [0.1, 0.15) is 30.6 Å². The molecule has 1 atom stereocenters. The Morgan fingerprint density at radius 2 is 2.23 bits per heavy atom. The third-order valence-electron chi connectivity index (χ3n) is 3.77. The molecule has 138 valence electrons. The Kier molecular flexibility index (Phi) is 4.98. The first-order valence-electron chi connectivity index (χ1n) is 7.75. The standard InChI is InChI=1S/C14H16BN3O7S/c1-3-23-12(19)6-11-13-8(2)4-9(5-10(13)15(20)24-11)25-26(21,22)14-16-7-17-18-14/h4-5,7,11,20H,3,6H2,1-2H3,(H,16,17,18). The van der Waals surface area contributed by atoms with E-state index in [0.717, 1.165) is 6.33 Å². The number of rotatable bonds is 6. The molecule has 0 bridgehead atoms. The largest absolute Gasteiger partial charge is 0.492 e. The molecule has 0 radical (unpaired) electrons. The molecule has 10 nitrogen and oxygen atoms in total. The number of fused-ring (bicyclic) bond motifs is 1. The summed E-state index contributed by atoms with van der Waals surface area (Å²) in [6.07, 6.45) is 0.302. The highest BCUT2D eigenvalue weighted by atomic mass is 32.2.